The van der Waals surface area contributed by atoms with Crippen LogP contribution in [0.1, 0.15) is 52.4 Å². The first-order chi connectivity index (χ1) is 8.40. The summed E-state index contributed by atoms with van der Waals surface area (Å²) in [5.41, 5.74) is 0. The van der Waals surface area contributed by atoms with E-state index < -0.39 is 11.9 Å². The zero-order valence-corrected chi connectivity index (χ0v) is 14.9. The Morgan fingerprint density at radius 3 is 1.21 bits per heavy atom. The minimum absolute atomic E-state index is 0. The standard InChI is InChI=1S/2C7H12O2.Zn/c2*1-5-2-3-6(4-5)7(8)9;/h2*5-6H,2-4H2,1H3,(H,8,9);/q;;+2/p-2. The third-order valence-electron chi connectivity index (χ3n) is 4.06. The molecule has 2 saturated carbocycles. The van der Waals surface area contributed by atoms with Crippen LogP contribution in [0, 0.1) is 23.7 Å². The normalized spacial score (nSPS) is 32.9. The van der Waals surface area contributed by atoms with Gasteiger partial charge in [-0.05, 0) is 49.4 Å². The van der Waals surface area contributed by atoms with Gasteiger partial charge >= 0.3 is 19.5 Å². The number of hydrogen-bond acceptors (Lipinski definition) is 4. The second kappa shape index (κ2) is 8.68. The summed E-state index contributed by atoms with van der Waals surface area (Å²) < 4.78 is 0. The molecule has 0 aromatic carbocycles. The van der Waals surface area contributed by atoms with Crippen LogP contribution in [0.3, 0.4) is 0 Å². The SMILES string of the molecule is CC1CCC(C(=O)[O-])C1.CC1CCC(C(=O)[O-])C1.[Zn+2]. The van der Waals surface area contributed by atoms with Crippen LogP contribution < -0.4 is 10.2 Å². The van der Waals surface area contributed by atoms with E-state index in [4.69, 9.17) is 0 Å². The van der Waals surface area contributed by atoms with E-state index in [0.717, 1.165) is 38.5 Å². The Bertz CT molecular complexity index is 276. The molecule has 4 atom stereocenters. The summed E-state index contributed by atoms with van der Waals surface area (Å²) >= 11 is 0. The zero-order valence-electron chi connectivity index (χ0n) is 11.9. The Labute approximate surface area is 127 Å². The summed E-state index contributed by atoms with van der Waals surface area (Å²) in [5.74, 6) is -0.848. The number of carboxylic acid groups (broad SMARTS) is 2. The van der Waals surface area contributed by atoms with Crippen molar-refractivity contribution in [3.05, 3.63) is 0 Å². The van der Waals surface area contributed by atoms with Crippen LogP contribution >= 0.6 is 0 Å². The van der Waals surface area contributed by atoms with E-state index in [9.17, 15) is 19.8 Å². The second-order valence-electron chi connectivity index (χ2n) is 5.87. The molecule has 0 aliphatic heterocycles. The van der Waals surface area contributed by atoms with Crippen molar-refractivity contribution in [2.75, 3.05) is 0 Å². The fourth-order valence-corrected chi connectivity index (χ4v) is 2.84. The molecule has 5 heteroatoms. The molecule has 104 valence electrons. The van der Waals surface area contributed by atoms with Gasteiger partial charge in [0.2, 0.25) is 0 Å². The fourth-order valence-electron chi connectivity index (χ4n) is 2.84. The molecular weight excluding hydrogens is 298 g/mol. The smallest absolute Gasteiger partial charge is 0.550 e. The molecule has 0 spiro atoms. The van der Waals surface area contributed by atoms with Gasteiger partial charge in [-0.2, -0.15) is 0 Å². The number of carboxylic acids is 2. The summed E-state index contributed by atoms with van der Waals surface area (Å²) in [5, 5.41) is 20.5. The van der Waals surface area contributed by atoms with Crippen LogP contribution in [0.25, 0.3) is 0 Å². The summed E-state index contributed by atoms with van der Waals surface area (Å²) in [6, 6.07) is 0. The molecule has 0 bridgehead atoms. The predicted octanol–water partition coefficient (Wildman–Crippen LogP) is 0.343. The quantitative estimate of drug-likeness (QED) is 0.688. The monoisotopic (exact) mass is 318 g/mol. The summed E-state index contributed by atoms with van der Waals surface area (Å²) in [6.07, 6.45) is 5.40. The molecule has 4 nitrogen and oxygen atoms in total. The van der Waals surface area contributed by atoms with E-state index >= 15 is 0 Å². The van der Waals surface area contributed by atoms with E-state index in [2.05, 4.69) is 13.8 Å². The van der Waals surface area contributed by atoms with Gasteiger partial charge in [-0.25, -0.2) is 0 Å². The third kappa shape index (κ3) is 6.51. The van der Waals surface area contributed by atoms with E-state index in [1.165, 1.54) is 0 Å². The number of hydrogen-bond donors (Lipinski definition) is 0. The molecule has 4 unspecified atom stereocenters. The number of carbonyl (C=O) groups excluding carboxylic acids is 2. The van der Waals surface area contributed by atoms with Gasteiger partial charge in [-0.3, -0.25) is 0 Å². The topological polar surface area (TPSA) is 80.3 Å². The van der Waals surface area contributed by atoms with Crippen LogP contribution in [0.2, 0.25) is 0 Å². The molecule has 2 aliphatic carbocycles. The number of rotatable bonds is 2. The van der Waals surface area contributed by atoms with Crippen LogP contribution in [0.4, 0.5) is 0 Å². The first kappa shape index (κ1) is 18.6. The number of carbonyl (C=O) groups is 2. The fraction of sp³-hybridized carbons (Fsp3) is 0.857. The second-order valence-corrected chi connectivity index (χ2v) is 5.87. The maximum absolute atomic E-state index is 10.2. The molecule has 2 fully saturated rings. The molecule has 0 N–H and O–H groups in total. The van der Waals surface area contributed by atoms with Gasteiger partial charge in [0, 0.05) is 11.9 Å². The van der Waals surface area contributed by atoms with Crippen LogP contribution in [-0.4, -0.2) is 11.9 Å². The summed E-state index contributed by atoms with van der Waals surface area (Å²) in [4.78, 5) is 20.5. The van der Waals surface area contributed by atoms with E-state index in [1.54, 1.807) is 0 Å². The van der Waals surface area contributed by atoms with Crippen LogP contribution in [0.5, 0.6) is 0 Å². The molecule has 2 aliphatic rings. The van der Waals surface area contributed by atoms with Crippen molar-refractivity contribution in [3.63, 3.8) is 0 Å². The average molecular weight is 320 g/mol. The van der Waals surface area contributed by atoms with Gasteiger partial charge in [-0.1, -0.05) is 26.7 Å². The van der Waals surface area contributed by atoms with Crippen molar-refractivity contribution in [1.82, 2.24) is 0 Å². The Kier molecular flexibility index (Phi) is 8.48. The predicted molar refractivity (Wildman–Crippen MR) is 63.0 cm³/mol. The van der Waals surface area contributed by atoms with Crippen molar-refractivity contribution in [3.8, 4) is 0 Å². The van der Waals surface area contributed by atoms with E-state index in [1.807, 2.05) is 0 Å². The largest absolute Gasteiger partial charge is 2.00 e. The average Bonchev–Trinajstić information content (AvgIpc) is 2.88. The van der Waals surface area contributed by atoms with Gasteiger partial charge < -0.3 is 19.8 Å². The zero-order chi connectivity index (χ0) is 13.7. The first-order valence-electron chi connectivity index (χ1n) is 6.81. The summed E-state index contributed by atoms with van der Waals surface area (Å²) in [6.45, 7) is 4.17. The molecule has 0 amide bonds. The maximum atomic E-state index is 10.2. The molecule has 0 aromatic rings. The Morgan fingerprint density at radius 2 is 1.11 bits per heavy atom. The Morgan fingerprint density at radius 1 is 0.789 bits per heavy atom. The van der Waals surface area contributed by atoms with Gasteiger partial charge in [0.25, 0.3) is 0 Å². The van der Waals surface area contributed by atoms with E-state index in [0.29, 0.717) is 11.8 Å². The molecule has 0 heterocycles. The van der Waals surface area contributed by atoms with Crippen LogP contribution in [-0.2, 0) is 29.1 Å². The third-order valence-corrected chi connectivity index (χ3v) is 4.06. The molecule has 0 radical (unpaired) electrons. The molecule has 0 saturated heterocycles. The van der Waals surface area contributed by atoms with Crippen molar-refractivity contribution in [1.29, 1.82) is 0 Å². The minimum Gasteiger partial charge on any atom is -0.550 e. The maximum Gasteiger partial charge on any atom is 2.00 e. The molecule has 0 aromatic heterocycles. The van der Waals surface area contributed by atoms with Gasteiger partial charge in [0.05, 0.1) is 0 Å². The Hall–Kier alpha value is -0.437. The van der Waals surface area contributed by atoms with Crippen molar-refractivity contribution >= 4 is 11.9 Å². The van der Waals surface area contributed by atoms with Gasteiger partial charge in [0.15, 0.2) is 0 Å². The van der Waals surface area contributed by atoms with Crippen molar-refractivity contribution in [2.45, 2.75) is 52.4 Å². The Balaban J connectivity index is 0.000000324. The molecular formula is C14H22O4Zn. The van der Waals surface area contributed by atoms with E-state index in [-0.39, 0.29) is 31.3 Å². The van der Waals surface area contributed by atoms with Crippen LogP contribution in [0.15, 0.2) is 0 Å². The minimum atomic E-state index is -0.862. The number of aliphatic carboxylic acids is 2. The molecule has 19 heavy (non-hydrogen) atoms. The van der Waals surface area contributed by atoms with Gasteiger partial charge in [0.1, 0.15) is 0 Å². The van der Waals surface area contributed by atoms with Crippen molar-refractivity contribution < 1.29 is 39.3 Å². The first-order valence-corrected chi connectivity index (χ1v) is 6.81. The molecule has 2 rings (SSSR count). The summed E-state index contributed by atoms with van der Waals surface area (Å²) in [7, 11) is 0. The van der Waals surface area contributed by atoms with Crippen molar-refractivity contribution in [2.24, 2.45) is 23.7 Å². The van der Waals surface area contributed by atoms with Gasteiger partial charge in [-0.15, -0.1) is 0 Å².